The lowest BCUT2D eigenvalue weighted by Crippen LogP contribution is -2.53. The van der Waals surface area contributed by atoms with Crippen molar-refractivity contribution in [2.45, 2.75) is 45.2 Å². The summed E-state index contributed by atoms with van der Waals surface area (Å²) in [5, 5.41) is 9.98. The number of anilines is 1. The smallest absolute Gasteiger partial charge is 0.343 e. The summed E-state index contributed by atoms with van der Waals surface area (Å²) >= 11 is 0. The number of hydrogen-bond donors (Lipinski definition) is 2. The molecule has 1 aliphatic carbocycles. The Morgan fingerprint density at radius 1 is 1.30 bits per heavy atom. The summed E-state index contributed by atoms with van der Waals surface area (Å²) < 4.78 is 21.4. The molecule has 0 radical (unpaired) electrons. The molecule has 1 saturated carbocycles. The van der Waals surface area contributed by atoms with Gasteiger partial charge in [0.1, 0.15) is 22.9 Å². The van der Waals surface area contributed by atoms with E-state index in [1.165, 1.54) is 13.2 Å². The van der Waals surface area contributed by atoms with E-state index in [0.717, 1.165) is 18.9 Å². The zero-order valence-corrected chi connectivity index (χ0v) is 18.1. The van der Waals surface area contributed by atoms with Crippen LogP contribution < -0.4 is 20.8 Å². The van der Waals surface area contributed by atoms with Crippen LogP contribution >= 0.6 is 12.4 Å². The minimum absolute atomic E-state index is 0. The van der Waals surface area contributed by atoms with Crippen LogP contribution in [0.1, 0.15) is 49.5 Å². The molecule has 3 N–H and O–H groups in total. The molecule has 0 unspecified atom stereocenters. The SMILES string of the molecule is COc1cc(F)cc2c(=O)c(C(=O)O)c(N3CC[C@H](N)C(C)(C)C3)n(C3CC3)c12.Cl. The third-order valence-corrected chi connectivity index (χ3v) is 6.16. The lowest BCUT2D eigenvalue weighted by atomic mass is 9.79. The molecule has 1 atom stereocenters. The van der Waals surface area contributed by atoms with Crippen LogP contribution in [-0.2, 0) is 0 Å². The van der Waals surface area contributed by atoms with Crippen molar-refractivity contribution in [3.63, 3.8) is 0 Å². The number of nitrogens with two attached hydrogens (primary N) is 1. The van der Waals surface area contributed by atoms with Gasteiger partial charge in [0.15, 0.2) is 0 Å². The number of carboxylic acids is 1. The molecule has 0 bridgehead atoms. The van der Waals surface area contributed by atoms with Crippen LogP contribution in [0.5, 0.6) is 5.75 Å². The molecule has 2 fully saturated rings. The molecule has 9 heteroatoms. The highest BCUT2D eigenvalue weighted by atomic mass is 35.5. The van der Waals surface area contributed by atoms with Gasteiger partial charge in [0, 0.05) is 31.2 Å². The molecule has 1 aliphatic heterocycles. The molecule has 1 aromatic heterocycles. The maximum atomic E-state index is 14.1. The van der Waals surface area contributed by atoms with Crippen molar-refractivity contribution in [2.75, 3.05) is 25.1 Å². The lowest BCUT2D eigenvalue weighted by molar-refractivity contribution is 0.0695. The molecule has 0 amide bonds. The summed E-state index contributed by atoms with van der Waals surface area (Å²) in [6.45, 7) is 5.16. The number of ether oxygens (including phenoxy) is 1. The summed E-state index contributed by atoms with van der Waals surface area (Å²) in [7, 11) is 1.42. The monoisotopic (exact) mass is 439 g/mol. The fraction of sp³-hybridized carbons (Fsp3) is 0.524. The molecule has 4 rings (SSSR count). The maximum Gasteiger partial charge on any atom is 0.343 e. The first kappa shape index (κ1) is 22.4. The van der Waals surface area contributed by atoms with Crippen molar-refractivity contribution in [1.29, 1.82) is 0 Å². The molecule has 2 aliphatic rings. The number of carbonyl (C=O) groups is 1. The van der Waals surface area contributed by atoms with Crippen LogP contribution in [0.2, 0.25) is 0 Å². The number of fused-ring (bicyclic) bond motifs is 1. The minimum atomic E-state index is -1.31. The molecule has 1 saturated heterocycles. The van der Waals surface area contributed by atoms with Crippen LogP contribution in [0.4, 0.5) is 10.2 Å². The molecular formula is C21H27ClFN3O4. The average Bonchev–Trinajstić information content (AvgIpc) is 3.48. The van der Waals surface area contributed by atoms with Gasteiger partial charge in [-0.15, -0.1) is 12.4 Å². The number of benzene rings is 1. The van der Waals surface area contributed by atoms with Gasteiger partial charge in [0.2, 0.25) is 5.43 Å². The van der Waals surface area contributed by atoms with E-state index in [1.54, 1.807) is 0 Å². The van der Waals surface area contributed by atoms with E-state index in [2.05, 4.69) is 0 Å². The normalized spacial score (nSPS) is 20.7. The number of hydrogen-bond acceptors (Lipinski definition) is 5. The van der Waals surface area contributed by atoms with Crippen molar-refractivity contribution >= 4 is 35.1 Å². The third-order valence-electron chi connectivity index (χ3n) is 6.16. The number of carboxylic acid groups (broad SMARTS) is 1. The summed E-state index contributed by atoms with van der Waals surface area (Å²) in [5.74, 6) is -1.34. The third kappa shape index (κ3) is 3.52. The van der Waals surface area contributed by atoms with E-state index in [9.17, 15) is 19.1 Å². The quantitative estimate of drug-likeness (QED) is 0.759. The molecular weight excluding hydrogens is 413 g/mol. The molecule has 7 nitrogen and oxygen atoms in total. The van der Waals surface area contributed by atoms with Crippen LogP contribution in [0.15, 0.2) is 16.9 Å². The standard InChI is InChI=1S/C21H26FN3O4.ClH/c1-21(2)10-24(7-6-15(21)23)19-16(20(27)28)18(26)13-8-11(22)9-14(29-3)17(13)25(19)12-4-5-12;/h8-9,12,15H,4-7,10,23H2,1-3H3,(H,27,28);1H/t15-;/m0./s1. The molecule has 30 heavy (non-hydrogen) atoms. The van der Waals surface area contributed by atoms with Crippen LogP contribution in [0.25, 0.3) is 10.9 Å². The lowest BCUT2D eigenvalue weighted by Gasteiger charge is -2.44. The van der Waals surface area contributed by atoms with Gasteiger partial charge in [-0.1, -0.05) is 13.8 Å². The van der Waals surface area contributed by atoms with Crippen molar-refractivity contribution in [1.82, 2.24) is 4.57 Å². The molecule has 0 spiro atoms. The number of methoxy groups -OCH3 is 1. The highest BCUT2D eigenvalue weighted by molar-refractivity contribution is 6.00. The number of halogens is 2. The van der Waals surface area contributed by atoms with Crippen molar-refractivity contribution in [3.8, 4) is 5.75 Å². The molecule has 164 valence electrons. The Balaban J connectivity index is 0.00000256. The van der Waals surface area contributed by atoms with Crippen LogP contribution in [0, 0.1) is 11.2 Å². The van der Waals surface area contributed by atoms with Gasteiger partial charge in [0.25, 0.3) is 0 Å². The Hall–Kier alpha value is -2.32. The van der Waals surface area contributed by atoms with Crippen molar-refractivity contribution in [3.05, 3.63) is 33.7 Å². The van der Waals surface area contributed by atoms with Gasteiger partial charge >= 0.3 is 5.97 Å². The zero-order chi connectivity index (χ0) is 21.1. The average molecular weight is 440 g/mol. The van der Waals surface area contributed by atoms with Gasteiger partial charge in [0.05, 0.1) is 18.0 Å². The fourth-order valence-electron chi connectivity index (χ4n) is 4.36. The van der Waals surface area contributed by atoms with Crippen molar-refractivity contribution in [2.24, 2.45) is 11.1 Å². The molecule has 2 heterocycles. The van der Waals surface area contributed by atoms with Crippen molar-refractivity contribution < 1.29 is 19.0 Å². The van der Waals surface area contributed by atoms with E-state index >= 15 is 0 Å². The Morgan fingerprint density at radius 3 is 2.50 bits per heavy atom. The number of rotatable bonds is 4. The second-order valence-electron chi connectivity index (χ2n) is 8.74. The Morgan fingerprint density at radius 2 is 1.97 bits per heavy atom. The summed E-state index contributed by atoms with van der Waals surface area (Å²) in [6, 6.07) is 2.37. The number of piperidine rings is 1. The summed E-state index contributed by atoms with van der Waals surface area (Å²) in [5.41, 5.74) is 5.47. The summed E-state index contributed by atoms with van der Waals surface area (Å²) in [4.78, 5) is 27.4. The zero-order valence-electron chi connectivity index (χ0n) is 17.3. The van der Waals surface area contributed by atoms with Crippen LogP contribution in [-0.4, -0.2) is 41.9 Å². The highest BCUT2D eigenvalue weighted by Gasteiger charge is 2.39. The number of nitrogens with zero attached hydrogens (tertiary/aromatic N) is 2. The Labute approximate surface area is 180 Å². The van der Waals surface area contributed by atoms with E-state index < -0.39 is 17.2 Å². The van der Waals surface area contributed by atoms with Gasteiger partial charge in [-0.2, -0.15) is 0 Å². The van der Waals surface area contributed by atoms with E-state index in [0.29, 0.717) is 30.8 Å². The maximum absolute atomic E-state index is 14.1. The molecule has 1 aromatic carbocycles. The van der Waals surface area contributed by atoms with Crippen LogP contribution in [0.3, 0.4) is 0 Å². The second kappa shape index (κ2) is 7.74. The highest BCUT2D eigenvalue weighted by Crippen LogP contribution is 2.45. The first-order chi connectivity index (χ1) is 13.7. The predicted molar refractivity (Wildman–Crippen MR) is 116 cm³/mol. The minimum Gasteiger partial charge on any atom is -0.494 e. The number of pyridine rings is 1. The van der Waals surface area contributed by atoms with Gasteiger partial charge in [-0.05, 0) is 30.7 Å². The van der Waals surface area contributed by atoms with E-state index in [-0.39, 0.29) is 46.6 Å². The van der Waals surface area contributed by atoms with Gasteiger partial charge in [-0.3, -0.25) is 4.79 Å². The first-order valence-electron chi connectivity index (χ1n) is 9.85. The molecule has 2 aromatic rings. The van der Waals surface area contributed by atoms with Gasteiger partial charge in [-0.25, -0.2) is 9.18 Å². The van der Waals surface area contributed by atoms with Gasteiger partial charge < -0.3 is 25.0 Å². The summed E-state index contributed by atoms with van der Waals surface area (Å²) in [6.07, 6.45) is 2.41. The Bertz CT molecular complexity index is 1060. The fourth-order valence-corrected chi connectivity index (χ4v) is 4.36. The first-order valence-corrected chi connectivity index (χ1v) is 9.85. The number of aromatic carboxylic acids is 1. The predicted octanol–water partition coefficient (Wildman–Crippen LogP) is 3.17. The van der Waals surface area contributed by atoms with E-state index in [1.807, 2.05) is 23.3 Å². The number of aromatic nitrogens is 1. The van der Waals surface area contributed by atoms with E-state index in [4.69, 9.17) is 10.5 Å². The second-order valence-corrected chi connectivity index (χ2v) is 8.74. The Kier molecular flexibility index (Phi) is 5.77. The topological polar surface area (TPSA) is 97.8 Å². The largest absolute Gasteiger partial charge is 0.494 e.